The van der Waals surface area contributed by atoms with Crippen LogP contribution in [-0.4, -0.2) is 62.1 Å². The number of rotatable bonds is 7. The molecule has 1 heterocycles. The fourth-order valence-electron chi connectivity index (χ4n) is 2.83. The Morgan fingerprint density at radius 2 is 1.79 bits per heavy atom. The lowest BCUT2D eigenvalue weighted by Gasteiger charge is -2.36. The third-order valence-electron chi connectivity index (χ3n) is 4.24. The number of carbonyl (C=O) groups is 2. The normalized spacial score (nSPS) is 16.6. The van der Waals surface area contributed by atoms with E-state index in [0.29, 0.717) is 18.0 Å². The molecule has 0 radical (unpaired) electrons. The largest absolute Gasteiger partial charge is 0.379 e. The van der Waals surface area contributed by atoms with Crippen LogP contribution in [0.5, 0.6) is 0 Å². The van der Waals surface area contributed by atoms with Gasteiger partial charge in [0.05, 0.1) is 19.8 Å². The van der Waals surface area contributed by atoms with Crippen LogP contribution in [0.2, 0.25) is 0 Å². The highest BCUT2D eigenvalue weighted by atomic mass is 16.5. The van der Waals surface area contributed by atoms with Crippen LogP contribution in [0.4, 0.5) is 0 Å². The van der Waals surface area contributed by atoms with Crippen LogP contribution >= 0.6 is 0 Å². The van der Waals surface area contributed by atoms with E-state index in [1.54, 1.807) is 24.3 Å². The third kappa shape index (κ3) is 5.62. The van der Waals surface area contributed by atoms with Crippen LogP contribution in [0.1, 0.15) is 24.2 Å². The van der Waals surface area contributed by atoms with Crippen LogP contribution in [0.3, 0.4) is 0 Å². The molecule has 2 amide bonds. The number of hydrogen-bond acceptors (Lipinski definition) is 4. The summed E-state index contributed by atoms with van der Waals surface area (Å²) in [7, 11) is 0. The molecule has 1 fully saturated rings. The third-order valence-corrected chi connectivity index (χ3v) is 4.24. The first-order chi connectivity index (χ1) is 11.6. The number of benzene rings is 1. The first-order valence-electron chi connectivity index (χ1n) is 8.49. The van der Waals surface area contributed by atoms with Crippen molar-refractivity contribution in [3.05, 3.63) is 35.9 Å². The lowest BCUT2D eigenvalue weighted by Crippen LogP contribution is -2.52. The van der Waals surface area contributed by atoms with Crippen LogP contribution in [0, 0.1) is 5.92 Å². The molecule has 24 heavy (non-hydrogen) atoms. The lowest BCUT2D eigenvalue weighted by atomic mass is 10.0. The van der Waals surface area contributed by atoms with Crippen LogP contribution in [-0.2, 0) is 9.53 Å². The highest BCUT2D eigenvalue weighted by molar-refractivity contribution is 5.96. The Balaban J connectivity index is 1.75. The van der Waals surface area contributed by atoms with Gasteiger partial charge >= 0.3 is 0 Å². The van der Waals surface area contributed by atoms with Gasteiger partial charge in [-0.05, 0) is 18.1 Å². The minimum atomic E-state index is -0.237. The first kappa shape index (κ1) is 18.4. The van der Waals surface area contributed by atoms with Crippen molar-refractivity contribution in [3.63, 3.8) is 0 Å². The highest BCUT2D eigenvalue weighted by Gasteiger charge is 2.24. The number of nitrogens with zero attached hydrogens (tertiary/aromatic N) is 1. The molecular weight excluding hydrogens is 306 g/mol. The van der Waals surface area contributed by atoms with Crippen molar-refractivity contribution >= 4 is 11.8 Å². The molecule has 0 bridgehead atoms. The number of nitrogens with one attached hydrogen (secondary N) is 2. The Kier molecular flexibility index (Phi) is 7.21. The van der Waals surface area contributed by atoms with E-state index in [2.05, 4.69) is 29.4 Å². The fraction of sp³-hybridized carbons (Fsp3) is 0.556. The maximum absolute atomic E-state index is 12.0. The zero-order valence-corrected chi connectivity index (χ0v) is 14.5. The number of hydrogen-bond donors (Lipinski definition) is 2. The predicted octanol–water partition coefficient (Wildman–Crippen LogP) is 0.889. The van der Waals surface area contributed by atoms with Crippen molar-refractivity contribution in [2.45, 2.75) is 19.9 Å². The standard InChI is InChI=1S/C18H27N3O3/c1-14(2)16(21-8-10-24-11-9-21)12-19-17(22)13-20-18(23)15-6-4-3-5-7-15/h3-7,14,16H,8-13H2,1-2H3,(H,19,22)(H,20,23). The van der Waals surface area contributed by atoms with Gasteiger partial charge in [0.15, 0.2) is 0 Å². The van der Waals surface area contributed by atoms with Crippen LogP contribution in [0.15, 0.2) is 30.3 Å². The second-order valence-electron chi connectivity index (χ2n) is 6.31. The van der Waals surface area contributed by atoms with E-state index in [4.69, 9.17) is 4.74 Å². The van der Waals surface area contributed by atoms with E-state index >= 15 is 0 Å². The summed E-state index contributed by atoms with van der Waals surface area (Å²) in [5.41, 5.74) is 0.554. The minimum absolute atomic E-state index is 0.0122. The molecule has 1 unspecified atom stereocenters. The monoisotopic (exact) mass is 333 g/mol. The Labute approximate surface area is 143 Å². The van der Waals surface area contributed by atoms with Gasteiger partial charge in [-0.1, -0.05) is 32.0 Å². The maximum atomic E-state index is 12.0. The van der Waals surface area contributed by atoms with E-state index in [1.807, 2.05) is 6.07 Å². The summed E-state index contributed by atoms with van der Waals surface area (Å²) in [6, 6.07) is 9.17. The number of amides is 2. The van der Waals surface area contributed by atoms with E-state index in [-0.39, 0.29) is 24.4 Å². The summed E-state index contributed by atoms with van der Waals surface area (Å²) >= 11 is 0. The average molecular weight is 333 g/mol. The average Bonchev–Trinajstić information content (AvgIpc) is 2.61. The molecule has 1 aromatic carbocycles. The molecule has 0 spiro atoms. The highest BCUT2D eigenvalue weighted by Crippen LogP contribution is 2.12. The Bertz CT molecular complexity index is 528. The zero-order chi connectivity index (χ0) is 17.4. The maximum Gasteiger partial charge on any atom is 0.251 e. The summed E-state index contributed by atoms with van der Waals surface area (Å²) < 4.78 is 5.39. The Morgan fingerprint density at radius 1 is 1.12 bits per heavy atom. The van der Waals surface area contributed by atoms with E-state index in [1.165, 1.54) is 0 Å². The van der Waals surface area contributed by atoms with E-state index in [9.17, 15) is 9.59 Å². The number of carbonyl (C=O) groups excluding carboxylic acids is 2. The van der Waals surface area contributed by atoms with Gasteiger partial charge in [0.1, 0.15) is 0 Å². The van der Waals surface area contributed by atoms with Gasteiger partial charge < -0.3 is 15.4 Å². The molecule has 0 aromatic heterocycles. The Hall–Kier alpha value is -1.92. The summed E-state index contributed by atoms with van der Waals surface area (Å²) in [5, 5.41) is 5.58. The molecule has 0 saturated carbocycles. The van der Waals surface area contributed by atoms with Crippen molar-refractivity contribution in [1.82, 2.24) is 15.5 Å². The van der Waals surface area contributed by atoms with Gasteiger partial charge in [-0.25, -0.2) is 0 Å². The van der Waals surface area contributed by atoms with Gasteiger partial charge in [-0.3, -0.25) is 14.5 Å². The fourth-order valence-corrected chi connectivity index (χ4v) is 2.83. The molecule has 1 aromatic rings. The summed E-state index contributed by atoms with van der Waals surface area (Å²) in [4.78, 5) is 26.3. The van der Waals surface area contributed by atoms with Gasteiger partial charge in [-0.15, -0.1) is 0 Å². The van der Waals surface area contributed by atoms with E-state index in [0.717, 1.165) is 26.3 Å². The summed E-state index contributed by atoms with van der Waals surface area (Å²) in [6.07, 6.45) is 0. The SMILES string of the molecule is CC(C)C(CNC(=O)CNC(=O)c1ccccc1)N1CCOCC1. The van der Waals surface area contributed by atoms with Gasteiger partial charge in [-0.2, -0.15) is 0 Å². The molecule has 6 heteroatoms. The van der Waals surface area contributed by atoms with Crippen molar-refractivity contribution in [2.75, 3.05) is 39.4 Å². The van der Waals surface area contributed by atoms with Crippen molar-refractivity contribution in [1.29, 1.82) is 0 Å². The molecule has 1 atom stereocenters. The van der Waals surface area contributed by atoms with Crippen molar-refractivity contribution in [3.8, 4) is 0 Å². The lowest BCUT2D eigenvalue weighted by molar-refractivity contribution is -0.120. The molecule has 6 nitrogen and oxygen atoms in total. The second kappa shape index (κ2) is 9.39. The molecular formula is C18H27N3O3. The Morgan fingerprint density at radius 3 is 2.42 bits per heavy atom. The molecule has 2 rings (SSSR count). The molecule has 1 aliphatic heterocycles. The second-order valence-corrected chi connectivity index (χ2v) is 6.31. The quantitative estimate of drug-likeness (QED) is 0.777. The summed E-state index contributed by atoms with van der Waals surface area (Å²) in [5.74, 6) is 0.0276. The van der Waals surface area contributed by atoms with Crippen molar-refractivity contribution in [2.24, 2.45) is 5.92 Å². The molecule has 0 aliphatic carbocycles. The van der Waals surface area contributed by atoms with Gasteiger partial charge in [0.2, 0.25) is 5.91 Å². The smallest absolute Gasteiger partial charge is 0.251 e. The zero-order valence-electron chi connectivity index (χ0n) is 14.5. The topological polar surface area (TPSA) is 70.7 Å². The summed E-state index contributed by atoms with van der Waals surface area (Å²) in [6.45, 7) is 8.15. The van der Waals surface area contributed by atoms with Crippen molar-refractivity contribution < 1.29 is 14.3 Å². The predicted molar refractivity (Wildman–Crippen MR) is 92.8 cm³/mol. The molecule has 132 valence electrons. The minimum Gasteiger partial charge on any atom is -0.379 e. The first-order valence-corrected chi connectivity index (χ1v) is 8.49. The van der Waals surface area contributed by atoms with Crippen LogP contribution < -0.4 is 10.6 Å². The molecule has 2 N–H and O–H groups in total. The van der Waals surface area contributed by atoms with Gasteiger partial charge in [0, 0.05) is 31.2 Å². The van der Waals surface area contributed by atoms with E-state index < -0.39 is 0 Å². The molecule has 1 saturated heterocycles. The number of morpholine rings is 1. The number of ether oxygens (including phenoxy) is 1. The van der Waals surface area contributed by atoms with Crippen LogP contribution in [0.25, 0.3) is 0 Å². The van der Waals surface area contributed by atoms with Gasteiger partial charge in [0.25, 0.3) is 5.91 Å². The molecule has 1 aliphatic rings.